The molecule has 1 unspecified atom stereocenters. The molecule has 5 heteroatoms. The molecular formula is C11H15N3O2. The third-order valence-electron chi connectivity index (χ3n) is 2.74. The van der Waals surface area contributed by atoms with Crippen LogP contribution in [-0.2, 0) is 0 Å². The molecule has 0 aromatic carbocycles. The number of rotatable bonds is 1. The Hall–Kier alpha value is -1.62. The number of aromatic nitrogens is 1. The molecule has 1 fully saturated rings. The fourth-order valence-corrected chi connectivity index (χ4v) is 1.94. The maximum atomic E-state index is 12.0. The molecule has 1 saturated heterocycles. The minimum atomic E-state index is -0.257. The van der Waals surface area contributed by atoms with Gasteiger partial charge in [-0.25, -0.2) is 0 Å². The van der Waals surface area contributed by atoms with Gasteiger partial charge < -0.3 is 15.6 Å². The first-order valence-electron chi connectivity index (χ1n) is 5.41. The van der Waals surface area contributed by atoms with E-state index in [1.54, 1.807) is 17.0 Å². The van der Waals surface area contributed by atoms with Crippen molar-refractivity contribution in [1.82, 2.24) is 9.88 Å². The highest BCUT2D eigenvalue weighted by atomic mass is 16.2. The zero-order chi connectivity index (χ0) is 11.5. The molecule has 1 aromatic heterocycles. The van der Waals surface area contributed by atoms with Crippen molar-refractivity contribution in [2.24, 2.45) is 5.73 Å². The lowest BCUT2D eigenvalue weighted by molar-refractivity contribution is 0.0702. The quantitative estimate of drug-likeness (QED) is 0.697. The summed E-state index contributed by atoms with van der Waals surface area (Å²) in [7, 11) is 0. The van der Waals surface area contributed by atoms with Crippen LogP contribution in [0.25, 0.3) is 0 Å². The van der Waals surface area contributed by atoms with E-state index in [0.29, 0.717) is 18.8 Å². The molecule has 1 atom stereocenters. The Balaban J connectivity index is 2.15. The summed E-state index contributed by atoms with van der Waals surface area (Å²) in [5.74, 6) is -0.146. The number of pyridine rings is 1. The highest BCUT2D eigenvalue weighted by Gasteiger charge is 2.22. The predicted octanol–water partition coefficient (Wildman–Crippen LogP) is -0.0618. The highest BCUT2D eigenvalue weighted by Crippen LogP contribution is 2.10. The number of carbonyl (C=O) groups excluding carboxylic acids is 1. The van der Waals surface area contributed by atoms with Gasteiger partial charge in [-0.1, -0.05) is 6.07 Å². The van der Waals surface area contributed by atoms with E-state index in [9.17, 15) is 9.59 Å². The van der Waals surface area contributed by atoms with Crippen LogP contribution in [-0.4, -0.2) is 34.9 Å². The zero-order valence-corrected chi connectivity index (χ0v) is 8.98. The second-order valence-corrected chi connectivity index (χ2v) is 4.08. The second-order valence-electron chi connectivity index (χ2n) is 4.08. The minimum Gasteiger partial charge on any atom is -0.336 e. The van der Waals surface area contributed by atoms with Gasteiger partial charge in [0.25, 0.3) is 5.91 Å². The Morgan fingerprint density at radius 3 is 3.00 bits per heavy atom. The van der Waals surface area contributed by atoms with Gasteiger partial charge in [-0.05, 0) is 18.9 Å². The lowest BCUT2D eigenvalue weighted by Crippen LogP contribution is -2.46. The van der Waals surface area contributed by atoms with Crippen molar-refractivity contribution < 1.29 is 4.79 Å². The molecule has 2 heterocycles. The van der Waals surface area contributed by atoms with E-state index in [-0.39, 0.29) is 17.5 Å². The van der Waals surface area contributed by atoms with Crippen molar-refractivity contribution in [2.45, 2.75) is 18.9 Å². The van der Waals surface area contributed by atoms with E-state index in [1.165, 1.54) is 6.07 Å². The average Bonchev–Trinajstić information content (AvgIpc) is 2.28. The predicted molar refractivity (Wildman–Crippen MR) is 60.2 cm³/mol. The molecule has 0 radical (unpaired) electrons. The SMILES string of the molecule is NC1CCCN(C(=O)c2cccc(=O)[nH]2)C1. The standard InChI is InChI=1S/C11H15N3O2/c12-8-3-2-6-14(7-8)11(16)9-4-1-5-10(15)13-9/h1,4-5,8H,2-3,6-7,12H2,(H,13,15). The van der Waals surface area contributed by atoms with E-state index in [0.717, 1.165) is 12.8 Å². The molecule has 0 saturated carbocycles. The van der Waals surface area contributed by atoms with Crippen LogP contribution in [0.5, 0.6) is 0 Å². The molecule has 1 aromatic rings. The van der Waals surface area contributed by atoms with Crippen LogP contribution in [0.3, 0.4) is 0 Å². The molecule has 16 heavy (non-hydrogen) atoms. The molecule has 1 amide bonds. The number of aromatic amines is 1. The van der Waals surface area contributed by atoms with E-state index in [2.05, 4.69) is 4.98 Å². The topological polar surface area (TPSA) is 79.2 Å². The summed E-state index contributed by atoms with van der Waals surface area (Å²) < 4.78 is 0. The Labute approximate surface area is 93.3 Å². The lowest BCUT2D eigenvalue weighted by atomic mass is 10.1. The number of nitrogens with one attached hydrogen (secondary N) is 1. The number of H-pyrrole nitrogens is 1. The van der Waals surface area contributed by atoms with Crippen LogP contribution in [0.1, 0.15) is 23.3 Å². The number of piperidine rings is 1. The Morgan fingerprint density at radius 2 is 2.31 bits per heavy atom. The fourth-order valence-electron chi connectivity index (χ4n) is 1.94. The van der Waals surface area contributed by atoms with Gasteiger partial charge in [-0.3, -0.25) is 9.59 Å². The van der Waals surface area contributed by atoms with Gasteiger partial charge in [-0.15, -0.1) is 0 Å². The van der Waals surface area contributed by atoms with E-state index in [1.807, 2.05) is 0 Å². The Kier molecular flexibility index (Phi) is 3.05. The summed E-state index contributed by atoms with van der Waals surface area (Å²) in [4.78, 5) is 27.3. The summed E-state index contributed by atoms with van der Waals surface area (Å²) in [5, 5.41) is 0. The molecule has 5 nitrogen and oxygen atoms in total. The summed E-state index contributed by atoms with van der Waals surface area (Å²) in [6.45, 7) is 1.28. The second kappa shape index (κ2) is 4.49. The third-order valence-corrected chi connectivity index (χ3v) is 2.74. The Bertz CT molecular complexity index is 441. The number of likely N-dealkylation sites (tertiary alicyclic amines) is 1. The smallest absolute Gasteiger partial charge is 0.270 e. The molecule has 2 rings (SSSR count). The first-order chi connectivity index (χ1) is 7.66. The number of hydrogen-bond donors (Lipinski definition) is 2. The van der Waals surface area contributed by atoms with Gasteiger partial charge in [0.05, 0.1) is 0 Å². The van der Waals surface area contributed by atoms with Gasteiger partial charge in [-0.2, -0.15) is 0 Å². The Morgan fingerprint density at radius 1 is 1.50 bits per heavy atom. The molecule has 0 spiro atoms. The van der Waals surface area contributed by atoms with Crippen molar-refractivity contribution in [1.29, 1.82) is 0 Å². The largest absolute Gasteiger partial charge is 0.336 e. The average molecular weight is 221 g/mol. The normalized spacial score (nSPS) is 20.8. The number of nitrogens with two attached hydrogens (primary N) is 1. The van der Waals surface area contributed by atoms with Crippen LogP contribution < -0.4 is 11.3 Å². The third kappa shape index (κ3) is 2.30. The van der Waals surface area contributed by atoms with Crippen molar-refractivity contribution in [2.75, 3.05) is 13.1 Å². The van der Waals surface area contributed by atoms with Crippen molar-refractivity contribution in [3.63, 3.8) is 0 Å². The van der Waals surface area contributed by atoms with Crippen LogP contribution in [0, 0.1) is 0 Å². The van der Waals surface area contributed by atoms with Crippen molar-refractivity contribution in [3.8, 4) is 0 Å². The first-order valence-corrected chi connectivity index (χ1v) is 5.41. The minimum absolute atomic E-state index is 0.0492. The van der Waals surface area contributed by atoms with Crippen LogP contribution >= 0.6 is 0 Å². The van der Waals surface area contributed by atoms with Gasteiger partial charge in [0.1, 0.15) is 5.69 Å². The number of carbonyl (C=O) groups is 1. The molecule has 0 aliphatic carbocycles. The van der Waals surface area contributed by atoms with Gasteiger partial charge in [0.15, 0.2) is 0 Å². The molecule has 1 aliphatic rings. The summed E-state index contributed by atoms with van der Waals surface area (Å²) in [6, 6.07) is 4.63. The number of hydrogen-bond acceptors (Lipinski definition) is 3. The molecule has 0 bridgehead atoms. The summed E-state index contributed by atoms with van der Waals surface area (Å²) in [6.07, 6.45) is 1.87. The van der Waals surface area contributed by atoms with Crippen LogP contribution in [0.15, 0.2) is 23.0 Å². The zero-order valence-electron chi connectivity index (χ0n) is 8.98. The van der Waals surface area contributed by atoms with Gasteiger partial charge in [0, 0.05) is 25.2 Å². The first kappa shape index (κ1) is 10.9. The number of nitrogens with zero attached hydrogens (tertiary/aromatic N) is 1. The van der Waals surface area contributed by atoms with E-state index in [4.69, 9.17) is 5.73 Å². The summed E-state index contributed by atoms with van der Waals surface area (Å²) >= 11 is 0. The molecular weight excluding hydrogens is 206 g/mol. The molecule has 3 N–H and O–H groups in total. The lowest BCUT2D eigenvalue weighted by Gasteiger charge is -2.30. The van der Waals surface area contributed by atoms with Gasteiger partial charge in [0.2, 0.25) is 5.56 Å². The van der Waals surface area contributed by atoms with E-state index < -0.39 is 0 Å². The van der Waals surface area contributed by atoms with Crippen LogP contribution in [0.2, 0.25) is 0 Å². The molecule has 86 valence electrons. The van der Waals surface area contributed by atoms with E-state index >= 15 is 0 Å². The summed E-state index contributed by atoms with van der Waals surface area (Å²) in [5.41, 5.74) is 5.88. The fraction of sp³-hybridized carbons (Fsp3) is 0.455. The van der Waals surface area contributed by atoms with Crippen LogP contribution in [0.4, 0.5) is 0 Å². The highest BCUT2D eigenvalue weighted by molar-refractivity contribution is 5.92. The maximum Gasteiger partial charge on any atom is 0.270 e. The van der Waals surface area contributed by atoms with Gasteiger partial charge >= 0.3 is 0 Å². The van der Waals surface area contributed by atoms with Crippen molar-refractivity contribution in [3.05, 3.63) is 34.2 Å². The number of amides is 1. The molecule has 1 aliphatic heterocycles. The monoisotopic (exact) mass is 221 g/mol. The van der Waals surface area contributed by atoms with Crippen molar-refractivity contribution >= 4 is 5.91 Å². The maximum absolute atomic E-state index is 12.0.